The Bertz CT molecular complexity index is 722. The SMILES string of the molecule is O=S(=O)(Nc1ccccc1Br)c1cc(Br)cnc1Cl. The first-order valence-corrected chi connectivity index (χ1v) is 8.43. The molecule has 0 amide bonds. The average Bonchev–Trinajstić information content (AvgIpc) is 2.35. The van der Waals surface area contributed by atoms with Crippen molar-refractivity contribution in [1.29, 1.82) is 0 Å². The molecule has 19 heavy (non-hydrogen) atoms. The summed E-state index contributed by atoms with van der Waals surface area (Å²) in [6.45, 7) is 0. The number of aromatic nitrogens is 1. The third kappa shape index (κ3) is 3.47. The Balaban J connectivity index is 2.44. The number of hydrogen-bond donors (Lipinski definition) is 1. The van der Waals surface area contributed by atoms with Gasteiger partial charge in [0.2, 0.25) is 0 Å². The molecule has 0 unspecified atom stereocenters. The molecule has 0 aliphatic rings. The van der Waals surface area contributed by atoms with E-state index in [0.29, 0.717) is 14.6 Å². The van der Waals surface area contributed by atoms with Crippen LogP contribution in [-0.2, 0) is 10.0 Å². The molecule has 0 aliphatic heterocycles. The van der Waals surface area contributed by atoms with Gasteiger partial charge in [-0.3, -0.25) is 4.72 Å². The van der Waals surface area contributed by atoms with Crippen LogP contribution in [0.15, 0.2) is 50.4 Å². The minimum atomic E-state index is -3.79. The van der Waals surface area contributed by atoms with E-state index in [4.69, 9.17) is 11.6 Å². The van der Waals surface area contributed by atoms with Crippen LogP contribution < -0.4 is 4.72 Å². The normalized spacial score (nSPS) is 11.3. The summed E-state index contributed by atoms with van der Waals surface area (Å²) in [5.41, 5.74) is 0.429. The summed E-state index contributed by atoms with van der Waals surface area (Å²) in [4.78, 5) is 3.71. The van der Waals surface area contributed by atoms with Crippen molar-refractivity contribution >= 4 is 59.2 Å². The van der Waals surface area contributed by atoms with Crippen LogP contribution in [0, 0.1) is 0 Å². The summed E-state index contributed by atoms with van der Waals surface area (Å²) >= 11 is 12.3. The molecule has 1 N–H and O–H groups in total. The molecule has 0 radical (unpaired) electrons. The van der Waals surface area contributed by atoms with Crippen LogP contribution in [-0.4, -0.2) is 13.4 Å². The molecule has 0 bridgehead atoms. The first kappa shape index (κ1) is 14.8. The maximum atomic E-state index is 12.2. The fourth-order valence-corrected chi connectivity index (χ4v) is 3.88. The van der Waals surface area contributed by atoms with Crippen molar-refractivity contribution in [1.82, 2.24) is 4.98 Å². The lowest BCUT2D eigenvalue weighted by Gasteiger charge is -2.10. The number of anilines is 1. The number of halogens is 3. The second-order valence-electron chi connectivity index (χ2n) is 3.53. The summed E-state index contributed by atoms with van der Waals surface area (Å²) < 4.78 is 28.1. The van der Waals surface area contributed by atoms with E-state index in [2.05, 4.69) is 41.6 Å². The summed E-state index contributed by atoms with van der Waals surface area (Å²) in [6, 6.07) is 8.28. The van der Waals surface area contributed by atoms with Crippen LogP contribution in [0.5, 0.6) is 0 Å². The first-order valence-electron chi connectivity index (χ1n) is 4.98. The smallest absolute Gasteiger partial charge is 0.265 e. The summed E-state index contributed by atoms with van der Waals surface area (Å²) in [5, 5.41) is -0.0808. The highest BCUT2D eigenvalue weighted by Gasteiger charge is 2.20. The number of pyridine rings is 1. The van der Waals surface area contributed by atoms with Crippen LogP contribution in [0.1, 0.15) is 0 Å². The Morgan fingerprint density at radius 1 is 1.21 bits per heavy atom. The number of rotatable bonds is 3. The molecule has 0 atom stereocenters. The lowest BCUT2D eigenvalue weighted by molar-refractivity contribution is 0.601. The number of benzene rings is 1. The van der Waals surface area contributed by atoms with Gasteiger partial charge in [0.1, 0.15) is 10.0 Å². The molecular weight excluding hydrogens is 419 g/mol. The van der Waals surface area contributed by atoms with Crippen molar-refractivity contribution in [2.45, 2.75) is 4.90 Å². The molecule has 0 saturated carbocycles. The fraction of sp³-hybridized carbons (Fsp3) is 0. The monoisotopic (exact) mass is 424 g/mol. The molecule has 1 aromatic carbocycles. The van der Waals surface area contributed by atoms with E-state index in [9.17, 15) is 8.42 Å². The van der Waals surface area contributed by atoms with Crippen molar-refractivity contribution in [3.63, 3.8) is 0 Å². The van der Waals surface area contributed by atoms with Gasteiger partial charge in [-0.1, -0.05) is 23.7 Å². The second kappa shape index (κ2) is 5.78. The minimum absolute atomic E-state index is 0.0808. The van der Waals surface area contributed by atoms with Gasteiger partial charge in [-0.15, -0.1) is 0 Å². The van der Waals surface area contributed by atoms with Gasteiger partial charge in [0.25, 0.3) is 10.0 Å². The van der Waals surface area contributed by atoms with Crippen molar-refractivity contribution in [3.05, 3.63) is 50.6 Å². The van der Waals surface area contributed by atoms with E-state index in [1.54, 1.807) is 24.3 Å². The predicted molar refractivity (Wildman–Crippen MR) is 81.9 cm³/mol. The third-order valence-corrected chi connectivity index (χ3v) is 5.10. The lowest BCUT2D eigenvalue weighted by Crippen LogP contribution is -2.14. The van der Waals surface area contributed by atoms with Crippen molar-refractivity contribution in [2.75, 3.05) is 4.72 Å². The van der Waals surface area contributed by atoms with E-state index in [1.165, 1.54) is 12.3 Å². The van der Waals surface area contributed by atoms with E-state index in [1.807, 2.05) is 0 Å². The van der Waals surface area contributed by atoms with Crippen molar-refractivity contribution < 1.29 is 8.42 Å². The molecule has 0 saturated heterocycles. The number of para-hydroxylation sites is 1. The number of sulfonamides is 1. The van der Waals surface area contributed by atoms with E-state index in [-0.39, 0.29) is 10.0 Å². The summed E-state index contributed by atoms with van der Waals surface area (Å²) in [6.07, 6.45) is 1.43. The number of hydrogen-bond acceptors (Lipinski definition) is 3. The Morgan fingerprint density at radius 3 is 2.58 bits per heavy atom. The van der Waals surface area contributed by atoms with E-state index < -0.39 is 10.0 Å². The zero-order chi connectivity index (χ0) is 14.0. The molecule has 100 valence electrons. The Morgan fingerprint density at radius 2 is 1.89 bits per heavy atom. The lowest BCUT2D eigenvalue weighted by atomic mass is 10.3. The van der Waals surface area contributed by atoms with Crippen LogP contribution in [0.3, 0.4) is 0 Å². The molecule has 2 rings (SSSR count). The van der Waals surface area contributed by atoms with Crippen LogP contribution in [0.25, 0.3) is 0 Å². The Kier molecular flexibility index (Phi) is 4.50. The molecule has 2 aromatic rings. The van der Waals surface area contributed by atoms with Crippen molar-refractivity contribution in [2.24, 2.45) is 0 Å². The van der Waals surface area contributed by atoms with Gasteiger partial charge in [0.05, 0.1) is 5.69 Å². The van der Waals surface area contributed by atoms with Gasteiger partial charge >= 0.3 is 0 Å². The molecule has 0 spiro atoms. The topological polar surface area (TPSA) is 59.1 Å². The minimum Gasteiger partial charge on any atom is -0.278 e. The largest absolute Gasteiger partial charge is 0.278 e. The quantitative estimate of drug-likeness (QED) is 0.753. The van der Waals surface area contributed by atoms with Crippen molar-refractivity contribution in [3.8, 4) is 0 Å². The third-order valence-electron chi connectivity index (χ3n) is 2.18. The van der Waals surface area contributed by atoms with Gasteiger partial charge in [0, 0.05) is 15.1 Å². The maximum absolute atomic E-state index is 12.2. The Labute approximate surface area is 132 Å². The van der Waals surface area contributed by atoms with Gasteiger partial charge in [-0.25, -0.2) is 13.4 Å². The number of nitrogens with zero attached hydrogens (tertiary/aromatic N) is 1. The standard InChI is InChI=1S/C11H7Br2ClN2O2S/c12-7-5-10(11(14)15-6-7)19(17,18)16-9-4-2-1-3-8(9)13/h1-6,16H. The number of nitrogens with one attached hydrogen (secondary N) is 1. The van der Waals surface area contributed by atoms with Crippen LogP contribution >= 0.6 is 43.5 Å². The first-order chi connectivity index (χ1) is 8.90. The highest BCUT2D eigenvalue weighted by atomic mass is 79.9. The molecule has 0 fully saturated rings. The van der Waals surface area contributed by atoms with Crippen LogP contribution in [0.2, 0.25) is 5.15 Å². The van der Waals surface area contributed by atoms with Gasteiger partial charge in [0.15, 0.2) is 0 Å². The average molecular weight is 427 g/mol. The second-order valence-corrected chi connectivity index (χ2v) is 7.31. The van der Waals surface area contributed by atoms with Gasteiger partial charge < -0.3 is 0 Å². The fourth-order valence-electron chi connectivity index (χ4n) is 1.34. The molecule has 1 heterocycles. The highest BCUT2D eigenvalue weighted by molar-refractivity contribution is 9.10. The molecule has 4 nitrogen and oxygen atoms in total. The Hall–Kier alpha value is -0.630. The summed E-state index contributed by atoms with van der Waals surface area (Å²) in [7, 11) is -3.79. The molecular formula is C11H7Br2ClN2O2S. The van der Waals surface area contributed by atoms with E-state index in [0.717, 1.165) is 0 Å². The van der Waals surface area contributed by atoms with Gasteiger partial charge in [-0.05, 0) is 50.1 Å². The van der Waals surface area contributed by atoms with Crippen LogP contribution in [0.4, 0.5) is 5.69 Å². The zero-order valence-electron chi connectivity index (χ0n) is 9.27. The summed E-state index contributed by atoms with van der Waals surface area (Å²) in [5.74, 6) is 0. The van der Waals surface area contributed by atoms with E-state index >= 15 is 0 Å². The predicted octanol–water partition coefficient (Wildman–Crippen LogP) is 4.06. The molecule has 0 aliphatic carbocycles. The molecule has 8 heteroatoms. The molecule has 1 aromatic heterocycles. The highest BCUT2D eigenvalue weighted by Crippen LogP contribution is 2.28. The maximum Gasteiger partial charge on any atom is 0.265 e. The van der Waals surface area contributed by atoms with Gasteiger partial charge in [-0.2, -0.15) is 0 Å². The zero-order valence-corrected chi connectivity index (χ0v) is 14.0.